The van der Waals surface area contributed by atoms with E-state index >= 15 is 0 Å². The van der Waals surface area contributed by atoms with E-state index in [0.29, 0.717) is 5.92 Å². The molecule has 19 heavy (non-hydrogen) atoms. The van der Waals surface area contributed by atoms with Gasteiger partial charge in [0.2, 0.25) is 0 Å². The SMILES string of the molecule is CC(C)C(NC(c1cccs1)C1CCCC1)C(=O)O. The van der Waals surface area contributed by atoms with Crippen molar-refractivity contribution in [3.8, 4) is 0 Å². The molecule has 0 amide bonds. The highest BCUT2D eigenvalue weighted by atomic mass is 32.1. The first-order valence-electron chi connectivity index (χ1n) is 7.12. The van der Waals surface area contributed by atoms with Gasteiger partial charge < -0.3 is 5.11 Å². The Morgan fingerprint density at radius 1 is 1.42 bits per heavy atom. The lowest BCUT2D eigenvalue weighted by Gasteiger charge is -2.29. The topological polar surface area (TPSA) is 49.3 Å². The van der Waals surface area contributed by atoms with Crippen LogP contribution in [0.3, 0.4) is 0 Å². The van der Waals surface area contributed by atoms with Crippen LogP contribution < -0.4 is 5.32 Å². The number of carboxylic acid groups (broad SMARTS) is 1. The van der Waals surface area contributed by atoms with E-state index in [2.05, 4.69) is 22.8 Å². The van der Waals surface area contributed by atoms with Crippen molar-refractivity contribution in [1.29, 1.82) is 0 Å². The minimum Gasteiger partial charge on any atom is -0.480 e. The van der Waals surface area contributed by atoms with Crippen LogP contribution in [-0.2, 0) is 4.79 Å². The number of carboxylic acids is 1. The average Bonchev–Trinajstić information content (AvgIpc) is 3.00. The van der Waals surface area contributed by atoms with E-state index in [1.54, 1.807) is 11.3 Å². The summed E-state index contributed by atoms with van der Waals surface area (Å²) in [5, 5.41) is 14.9. The van der Waals surface area contributed by atoms with E-state index < -0.39 is 12.0 Å². The molecule has 0 aliphatic heterocycles. The second-order valence-corrected chi connectivity index (χ2v) is 6.74. The second-order valence-electron chi connectivity index (χ2n) is 5.76. The lowest BCUT2D eigenvalue weighted by Crippen LogP contribution is -2.44. The summed E-state index contributed by atoms with van der Waals surface area (Å²) in [7, 11) is 0. The van der Waals surface area contributed by atoms with Crippen LogP contribution in [0.15, 0.2) is 17.5 Å². The first-order valence-corrected chi connectivity index (χ1v) is 8.00. The number of nitrogens with one attached hydrogen (secondary N) is 1. The first kappa shape index (κ1) is 14.5. The zero-order valence-electron chi connectivity index (χ0n) is 11.6. The fourth-order valence-electron chi connectivity index (χ4n) is 2.95. The highest BCUT2D eigenvalue weighted by Gasteiger charge is 2.32. The fourth-order valence-corrected chi connectivity index (χ4v) is 3.83. The molecule has 1 aliphatic carbocycles. The van der Waals surface area contributed by atoms with Crippen molar-refractivity contribution >= 4 is 17.3 Å². The Balaban J connectivity index is 2.15. The van der Waals surface area contributed by atoms with Crippen molar-refractivity contribution in [3.63, 3.8) is 0 Å². The van der Waals surface area contributed by atoms with Gasteiger partial charge in [0, 0.05) is 10.9 Å². The second kappa shape index (κ2) is 6.53. The molecule has 0 spiro atoms. The van der Waals surface area contributed by atoms with Crippen molar-refractivity contribution in [2.24, 2.45) is 11.8 Å². The molecule has 0 radical (unpaired) electrons. The van der Waals surface area contributed by atoms with Crippen molar-refractivity contribution < 1.29 is 9.90 Å². The van der Waals surface area contributed by atoms with Gasteiger partial charge in [0.1, 0.15) is 6.04 Å². The molecule has 2 unspecified atom stereocenters. The van der Waals surface area contributed by atoms with Crippen LogP contribution >= 0.6 is 11.3 Å². The maximum absolute atomic E-state index is 11.4. The molecule has 1 aromatic rings. The van der Waals surface area contributed by atoms with E-state index in [1.807, 2.05) is 13.8 Å². The van der Waals surface area contributed by atoms with Gasteiger partial charge >= 0.3 is 5.97 Å². The summed E-state index contributed by atoms with van der Waals surface area (Å²) in [6.07, 6.45) is 4.96. The van der Waals surface area contributed by atoms with Crippen LogP contribution in [0.25, 0.3) is 0 Å². The molecular formula is C15H23NO2S. The van der Waals surface area contributed by atoms with Crippen LogP contribution in [0.2, 0.25) is 0 Å². The third kappa shape index (κ3) is 3.57. The summed E-state index contributed by atoms with van der Waals surface area (Å²) in [4.78, 5) is 12.7. The summed E-state index contributed by atoms with van der Waals surface area (Å²) in [6, 6.07) is 3.91. The summed E-state index contributed by atoms with van der Waals surface area (Å²) < 4.78 is 0. The number of aliphatic carboxylic acids is 1. The third-order valence-electron chi connectivity index (χ3n) is 4.01. The van der Waals surface area contributed by atoms with Crippen LogP contribution in [0.1, 0.15) is 50.4 Å². The molecule has 0 aromatic carbocycles. The minimum absolute atomic E-state index is 0.0985. The Morgan fingerprint density at radius 3 is 2.58 bits per heavy atom. The predicted octanol–water partition coefficient (Wildman–Crippen LogP) is 3.68. The quantitative estimate of drug-likeness (QED) is 0.836. The van der Waals surface area contributed by atoms with Crippen molar-refractivity contribution in [1.82, 2.24) is 5.32 Å². The van der Waals surface area contributed by atoms with Crippen LogP contribution in [0.5, 0.6) is 0 Å². The zero-order chi connectivity index (χ0) is 13.8. The van der Waals surface area contributed by atoms with Crippen LogP contribution in [0.4, 0.5) is 0 Å². The summed E-state index contributed by atoms with van der Waals surface area (Å²) in [5.74, 6) is -0.0600. The molecule has 1 heterocycles. The molecule has 0 saturated heterocycles. The number of hydrogen-bond acceptors (Lipinski definition) is 3. The highest BCUT2D eigenvalue weighted by Crippen LogP contribution is 2.37. The number of hydrogen-bond donors (Lipinski definition) is 2. The largest absolute Gasteiger partial charge is 0.480 e. The van der Waals surface area contributed by atoms with E-state index in [1.165, 1.54) is 30.6 Å². The first-order chi connectivity index (χ1) is 9.09. The van der Waals surface area contributed by atoms with Gasteiger partial charge in [0.15, 0.2) is 0 Å². The molecule has 1 saturated carbocycles. The predicted molar refractivity (Wildman–Crippen MR) is 78.4 cm³/mol. The summed E-state index contributed by atoms with van der Waals surface area (Å²) in [5.41, 5.74) is 0. The Kier molecular flexibility index (Phi) is 4.99. The van der Waals surface area contributed by atoms with Gasteiger partial charge in [-0.15, -0.1) is 11.3 Å². The monoisotopic (exact) mass is 281 g/mol. The molecule has 1 fully saturated rings. The molecule has 2 N–H and O–H groups in total. The Morgan fingerprint density at radius 2 is 2.11 bits per heavy atom. The molecule has 0 bridgehead atoms. The van der Waals surface area contributed by atoms with E-state index in [-0.39, 0.29) is 12.0 Å². The standard InChI is InChI=1S/C15H23NO2S/c1-10(2)13(15(17)18)16-14(11-6-3-4-7-11)12-8-5-9-19-12/h5,8-11,13-14,16H,3-4,6-7H2,1-2H3,(H,17,18). The maximum atomic E-state index is 11.4. The molecule has 1 aliphatic rings. The van der Waals surface area contributed by atoms with E-state index in [4.69, 9.17) is 0 Å². The van der Waals surface area contributed by atoms with E-state index in [0.717, 1.165) is 0 Å². The molecule has 3 nitrogen and oxygen atoms in total. The van der Waals surface area contributed by atoms with E-state index in [9.17, 15) is 9.90 Å². The normalized spacial score (nSPS) is 19.7. The Bertz CT molecular complexity index is 396. The van der Waals surface area contributed by atoms with Gasteiger partial charge in [-0.25, -0.2) is 0 Å². The number of carbonyl (C=O) groups is 1. The summed E-state index contributed by atoms with van der Waals surface area (Å²) in [6.45, 7) is 3.93. The van der Waals surface area contributed by atoms with Gasteiger partial charge in [-0.05, 0) is 36.1 Å². The molecule has 2 atom stereocenters. The molecule has 2 rings (SSSR count). The smallest absolute Gasteiger partial charge is 0.320 e. The average molecular weight is 281 g/mol. The lowest BCUT2D eigenvalue weighted by atomic mass is 9.94. The van der Waals surface area contributed by atoms with Crippen molar-refractivity contribution in [2.75, 3.05) is 0 Å². The minimum atomic E-state index is -0.741. The van der Waals surface area contributed by atoms with Crippen molar-refractivity contribution in [3.05, 3.63) is 22.4 Å². The van der Waals surface area contributed by atoms with Gasteiger partial charge in [-0.3, -0.25) is 10.1 Å². The highest BCUT2D eigenvalue weighted by molar-refractivity contribution is 7.10. The van der Waals surface area contributed by atoms with Gasteiger partial charge in [0.25, 0.3) is 0 Å². The van der Waals surface area contributed by atoms with Crippen LogP contribution in [-0.4, -0.2) is 17.1 Å². The van der Waals surface area contributed by atoms with Gasteiger partial charge in [0.05, 0.1) is 0 Å². The fraction of sp³-hybridized carbons (Fsp3) is 0.667. The van der Waals surface area contributed by atoms with Gasteiger partial charge in [-0.2, -0.15) is 0 Å². The Hall–Kier alpha value is -0.870. The zero-order valence-corrected chi connectivity index (χ0v) is 12.5. The Labute approximate surface area is 119 Å². The number of rotatable bonds is 6. The lowest BCUT2D eigenvalue weighted by molar-refractivity contribution is -0.141. The van der Waals surface area contributed by atoms with Crippen molar-refractivity contribution in [2.45, 2.75) is 51.6 Å². The number of thiophene rings is 1. The third-order valence-corrected chi connectivity index (χ3v) is 4.97. The molecular weight excluding hydrogens is 258 g/mol. The molecule has 106 valence electrons. The van der Waals surface area contributed by atoms with Crippen LogP contribution in [0, 0.1) is 11.8 Å². The molecule has 1 aromatic heterocycles. The summed E-state index contributed by atoms with van der Waals surface area (Å²) >= 11 is 1.73. The van der Waals surface area contributed by atoms with Gasteiger partial charge in [-0.1, -0.05) is 32.8 Å². The maximum Gasteiger partial charge on any atom is 0.320 e. The molecule has 4 heteroatoms.